The van der Waals surface area contributed by atoms with Crippen molar-refractivity contribution in [2.75, 3.05) is 0 Å². The lowest BCUT2D eigenvalue weighted by Gasteiger charge is -2.27. The van der Waals surface area contributed by atoms with Crippen LogP contribution in [-0.4, -0.2) is 21.3 Å². The standard InChI is InChI=1S/C16H18N2O3S/c19-15-9-11-5-1-3-7-13(11)16(17-15)22-10-12-6-2-4-8-14(12)18(20)21/h2,4,6,8,15,19H,1,3,5,7,9-10H2. The molecule has 0 fully saturated rings. The maximum atomic E-state index is 11.1. The molecule has 2 aliphatic rings. The van der Waals surface area contributed by atoms with Crippen molar-refractivity contribution in [1.29, 1.82) is 0 Å². The third kappa shape index (κ3) is 3.23. The van der Waals surface area contributed by atoms with Crippen LogP contribution in [0.1, 0.15) is 37.7 Å². The molecule has 0 saturated heterocycles. The van der Waals surface area contributed by atoms with E-state index in [-0.39, 0.29) is 10.6 Å². The number of nitro groups is 1. The van der Waals surface area contributed by atoms with Gasteiger partial charge in [0, 0.05) is 23.8 Å². The Morgan fingerprint density at radius 3 is 2.91 bits per heavy atom. The van der Waals surface area contributed by atoms with Crippen LogP contribution in [0.4, 0.5) is 5.69 Å². The average molecular weight is 318 g/mol. The molecule has 1 aliphatic carbocycles. The minimum Gasteiger partial charge on any atom is -0.371 e. The van der Waals surface area contributed by atoms with Crippen molar-refractivity contribution in [3.8, 4) is 0 Å². The Bertz CT molecular complexity index is 655. The third-order valence-corrected chi connectivity index (χ3v) is 5.17. The summed E-state index contributed by atoms with van der Waals surface area (Å²) in [7, 11) is 0. The zero-order chi connectivity index (χ0) is 15.5. The van der Waals surface area contributed by atoms with Gasteiger partial charge < -0.3 is 5.11 Å². The highest BCUT2D eigenvalue weighted by atomic mass is 32.2. The SMILES string of the molecule is O=[N+]([O-])c1ccccc1CSC1=NC(O)CC2=C1CCCC2. The van der Waals surface area contributed by atoms with Crippen molar-refractivity contribution in [1.82, 2.24) is 0 Å². The summed E-state index contributed by atoms with van der Waals surface area (Å²) in [5, 5.41) is 21.9. The first kappa shape index (κ1) is 15.2. The van der Waals surface area contributed by atoms with Gasteiger partial charge in [-0.05, 0) is 31.3 Å². The van der Waals surface area contributed by atoms with E-state index in [0.717, 1.165) is 24.3 Å². The van der Waals surface area contributed by atoms with Crippen molar-refractivity contribution < 1.29 is 10.0 Å². The maximum Gasteiger partial charge on any atom is 0.273 e. The van der Waals surface area contributed by atoms with Crippen LogP contribution < -0.4 is 0 Å². The molecule has 0 spiro atoms. The molecule has 3 rings (SSSR count). The largest absolute Gasteiger partial charge is 0.371 e. The molecule has 1 aromatic carbocycles. The van der Waals surface area contributed by atoms with E-state index in [2.05, 4.69) is 4.99 Å². The molecule has 116 valence electrons. The predicted octanol–water partition coefficient (Wildman–Crippen LogP) is 3.82. The first-order valence-corrected chi connectivity index (χ1v) is 8.46. The molecule has 0 bridgehead atoms. The lowest BCUT2D eigenvalue weighted by Crippen LogP contribution is -2.20. The monoisotopic (exact) mass is 318 g/mol. The van der Waals surface area contributed by atoms with E-state index in [9.17, 15) is 15.2 Å². The molecule has 0 saturated carbocycles. The van der Waals surface area contributed by atoms with Gasteiger partial charge >= 0.3 is 0 Å². The van der Waals surface area contributed by atoms with Crippen LogP contribution in [0.15, 0.2) is 40.4 Å². The Morgan fingerprint density at radius 2 is 2.09 bits per heavy atom. The Balaban J connectivity index is 1.78. The van der Waals surface area contributed by atoms with E-state index in [1.54, 1.807) is 12.1 Å². The van der Waals surface area contributed by atoms with Crippen molar-refractivity contribution in [3.63, 3.8) is 0 Å². The second-order valence-corrected chi connectivity index (χ2v) is 6.55. The van der Waals surface area contributed by atoms with E-state index in [1.165, 1.54) is 35.4 Å². The number of hydrogen-bond donors (Lipinski definition) is 1. The summed E-state index contributed by atoms with van der Waals surface area (Å²) < 4.78 is 0. The summed E-state index contributed by atoms with van der Waals surface area (Å²) in [5.74, 6) is 0.499. The van der Waals surface area contributed by atoms with E-state index in [0.29, 0.717) is 17.7 Å². The number of para-hydroxylation sites is 1. The van der Waals surface area contributed by atoms with Crippen molar-refractivity contribution in [2.45, 2.75) is 44.1 Å². The van der Waals surface area contributed by atoms with E-state index >= 15 is 0 Å². The van der Waals surface area contributed by atoms with Crippen LogP contribution in [0.25, 0.3) is 0 Å². The van der Waals surface area contributed by atoms with Gasteiger partial charge in [0.1, 0.15) is 6.23 Å². The molecule has 1 aromatic rings. The molecule has 1 unspecified atom stereocenters. The predicted molar refractivity (Wildman–Crippen MR) is 87.9 cm³/mol. The Labute approximate surface area is 133 Å². The Morgan fingerprint density at radius 1 is 1.32 bits per heavy atom. The molecule has 0 amide bonds. The van der Waals surface area contributed by atoms with Gasteiger partial charge in [0.15, 0.2) is 0 Å². The number of aliphatic hydroxyl groups is 1. The van der Waals surface area contributed by atoms with Crippen LogP contribution >= 0.6 is 11.8 Å². The van der Waals surface area contributed by atoms with Gasteiger partial charge in [-0.15, -0.1) is 11.8 Å². The summed E-state index contributed by atoms with van der Waals surface area (Å²) in [6, 6.07) is 6.79. The Kier molecular flexibility index (Phi) is 4.59. The molecule has 1 heterocycles. The van der Waals surface area contributed by atoms with Gasteiger partial charge in [-0.3, -0.25) is 10.1 Å². The average Bonchev–Trinajstić information content (AvgIpc) is 2.52. The molecular weight excluding hydrogens is 300 g/mol. The van der Waals surface area contributed by atoms with Crippen LogP contribution in [0, 0.1) is 10.1 Å². The number of dihydropyridines is 1. The molecule has 0 aromatic heterocycles. The number of hydrogen-bond acceptors (Lipinski definition) is 5. The fourth-order valence-electron chi connectivity index (χ4n) is 3.01. The zero-order valence-corrected chi connectivity index (χ0v) is 13.0. The smallest absolute Gasteiger partial charge is 0.273 e. The Hall–Kier alpha value is -1.66. The minimum atomic E-state index is -0.662. The van der Waals surface area contributed by atoms with Gasteiger partial charge in [0.2, 0.25) is 0 Å². The van der Waals surface area contributed by atoms with E-state index < -0.39 is 6.23 Å². The molecule has 6 heteroatoms. The molecule has 1 atom stereocenters. The highest BCUT2D eigenvalue weighted by Crippen LogP contribution is 2.36. The minimum absolute atomic E-state index is 0.143. The molecule has 1 N–H and O–H groups in total. The molecule has 0 radical (unpaired) electrons. The lowest BCUT2D eigenvalue weighted by molar-refractivity contribution is -0.385. The van der Waals surface area contributed by atoms with Crippen molar-refractivity contribution >= 4 is 22.5 Å². The second-order valence-electron chi connectivity index (χ2n) is 5.58. The number of nitrogens with zero attached hydrogens (tertiary/aromatic N) is 2. The number of rotatable bonds is 3. The number of benzene rings is 1. The molecule has 5 nitrogen and oxygen atoms in total. The van der Waals surface area contributed by atoms with Gasteiger partial charge in [0.05, 0.1) is 9.97 Å². The van der Waals surface area contributed by atoms with Crippen molar-refractivity contribution in [2.24, 2.45) is 4.99 Å². The summed E-state index contributed by atoms with van der Waals surface area (Å²) in [4.78, 5) is 15.1. The summed E-state index contributed by atoms with van der Waals surface area (Å²) in [5.41, 5.74) is 3.42. The van der Waals surface area contributed by atoms with Gasteiger partial charge in [-0.1, -0.05) is 23.8 Å². The highest BCUT2D eigenvalue weighted by molar-refractivity contribution is 8.13. The van der Waals surface area contributed by atoms with Crippen LogP contribution in [0.3, 0.4) is 0 Å². The topological polar surface area (TPSA) is 75.7 Å². The van der Waals surface area contributed by atoms with Crippen LogP contribution in [0.2, 0.25) is 0 Å². The van der Waals surface area contributed by atoms with Crippen LogP contribution in [0.5, 0.6) is 0 Å². The highest BCUT2D eigenvalue weighted by Gasteiger charge is 2.25. The number of thioether (sulfide) groups is 1. The van der Waals surface area contributed by atoms with Gasteiger partial charge in [-0.25, -0.2) is 4.99 Å². The number of nitro benzene ring substituents is 1. The maximum absolute atomic E-state index is 11.1. The van der Waals surface area contributed by atoms with Gasteiger partial charge in [-0.2, -0.15) is 0 Å². The first-order valence-electron chi connectivity index (χ1n) is 7.47. The fraction of sp³-hybridized carbons (Fsp3) is 0.438. The fourth-order valence-corrected chi connectivity index (χ4v) is 4.17. The zero-order valence-electron chi connectivity index (χ0n) is 12.2. The van der Waals surface area contributed by atoms with Gasteiger partial charge in [0.25, 0.3) is 5.69 Å². The normalized spacial score (nSPS) is 21.3. The second kappa shape index (κ2) is 6.62. The molecule has 22 heavy (non-hydrogen) atoms. The number of aliphatic hydroxyl groups excluding tert-OH is 1. The molecule has 1 aliphatic heterocycles. The van der Waals surface area contributed by atoms with E-state index in [1.807, 2.05) is 6.07 Å². The summed E-state index contributed by atoms with van der Waals surface area (Å²) in [6.07, 6.45) is 4.35. The van der Waals surface area contributed by atoms with Crippen LogP contribution in [-0.2, 0) is 5.75 Å². The van der Waals surface area contributed by atoms with Crippen molar-refractivity contribution in [3.05, 3.63) is 51.1 Å². The third-order valence-electron chi connectivity index (χ3n) is 4.09. The lowest BCUT2D eigenvalue weighted by atomic mass is 9.88. The van der Waals surface area contributed by atoms with E-state index in [4.69, 9.17) is 0 Å². The molecular formula is C16H18N2O3S. The summed E-state index contributed by atoms with van der Waals surface area (Å²) in [6.45, 7) is 0. The quantitative estimate of drug-likeness (QED) is 0.679. The first-order chi connectivity index (χ1) is 10.6. The number of aliphatic imine (C=N–C) groups is 1. The summed E-state index contributed by atoms with van der Waals surface area (Å²) >= 11 is 1.50.